The van der Waals surface area contributed by atoms with Gasteiger partial charge in [0.15, 0.2) is 0 Å². The van der Waals surface area contributed by atoms with Gasteiger partial charge in [-0.2, -0.15) is 0 Å². The minimum atomic E-state index is -3.96. The molecule has 1 heterocycles. The lowest BCUT2D eigenvalue weighted by molar-refractivity contribution is 0.0981. The van der Waals surface area contributed by atoms with E-state index >= 15 is 0 Å². The fourth-order valence-corrected chi connectivity index (χ4v) is 6.97. The predicted octanol–water partition coefficient (Wildman–Crippen LogP) is 6.37. The normalized spacial score (nSPS) is 16.8. The monoisotopic (exact) mass is 627 g/mol. The fourth-order valence-electron chi connectivity index (χ4n) is 5.27. The molecular weight excluding hydrogens is 598 g/mol. The highest BCUT2D eigenvalue weighted by Gasteiger charge is 2.23. The van der Waals surface area contributed by atoms with E-state index in [0.29, 0.717) is 10.0 Å². The van der Waals surface area contributed by atoms with Crippen molar-refractivity contribution < 1.29 is 13.2 Å². The van der Waals surface area contributed by atoms with Crippen molar-refractivity contribution >= 4 is 54.7 Å². The van der Waals surface area contributed by atoms with Crippen molar-refractivity contribution in [1.82, 2.24) is 9.62 Å². The molecule has 39 heavy (non-hydrogen) atoms. The molecule has 0 spiro atoms. The van der Waals surface area contributed by atoms with E-state index in [1.807, 2.05) is 24.3 Å². The number of amides is 1. The van der Waals surface area contributed by atoms with Crippen LogP contribution >= 0.6 is 27.5 Å². The molecule has 0 radical (unpaired) electrons. The van der Waals surface area contributed by atoms with Crippen molar-refractivity contribution in [2.75, 3.05) is 37.6 Å². The standard InChI is InChI=1S/C30H31BrClN3O3S/c31-25-5-3-6-28(20-25)39(37,38)33-30(36)23-10-14-27(15-11-23)35-18-16-34(17-19-35)21-24-4-1-2-7-29(24)22-8-12-26(32)13-9-22/h3,5-6,8-15,20H,1-2,4,7,16-19,21H2,(H,33,36). The molecule has 9 heteroatoms. The van der Waals surface area contributed by atoms with Crippen LogP contribution in [-0.4, -0.2) is 51.9 Å². The molecule has 2 aliphatic rings. The van der Waals surface area contributed by atoms with E-state index in [0.717, 1.165) is 56.3 Å². The van der Waals surface area contributed by atoms with Gasteiger partial charge in [-0.1, -0.05) is 51.3 Å². The zero-order chi connectivity index (χ0) is 27.4. The first-order valence-corrected chi connectivity index (χ1v) is 15.8. The number of carbonyl (C=O) groups is 1. The Morgan fingerprint density at radius 2 is 1.59 bits per heavy atom. The van der Waals surface area contributed by atoms with E-state index in [1.54, 1.807) is 29.8 Å². The average molecular weight is 629 g/mol. The van der Waals surface area contributed by atoms with Crippen molar-refractivity contribution in [2.24, 2.45) is 0 Å². The van der Waals surface area contributed by atoms with Crippen LogP contribution in [0.2, 0.25) is 5.02 Å². The zero-order valence-electron chi connectivity index (χ0n) is 21.6. The fraction of sp³-hybridized carbons (Fsp3) is 0.300. The van der Waals surface area contributed by atoms with Gasteiger partial charge in [0.25, 0.3) is 15.9 Å². The van der Waals surface area contributed by atoms with E-state index in [2.05, 4.69) is 42.6 Å². The number of allylic oxidation sites excluding steroid dienone is 1. The molecule has 1 amide bonds. The van der Waals surface area contributed by atoms with Crippen molar-refractivity contribution in [3.05, 3.63) is 99.0 Å². The van der Waals surface area contributed by atoms with Gasteiger partial charge in [-0.15, -0.1) is 0 Å². The lowest BCUT2D eigenvalue weighted by Gasteiger charge is -2.37. The van der Waals surface area contributed by atoms with Crippen molar-refractivity contribution in [1.29, 1.82) is 0 Å². The molecule has 6 nitrogen and oxygen atoms in total. The summed E-state index contributed by atoms with van der Waals surface area (Å²) in [6.07, 6.45) is 4.76. The Morgan fingerprint density at radius 1 is 0.897 bits per heavy atom. The van der Waals surface area contributed by atoms with E-state index in [-0.39, 0.29) is 4.90 Å². The minimum Gasteiger partial charge on any atom is -0.369 e. The first kappa shape index (κ1) is 27.9. The molecular formula is C30H31BrClN3O3S. The van der Waals surface area contributed by atoms with Crippen molar-refractivity contribution in [3.63, 3.8) is 0 Å². The lowest BCUT2D eigenvalue weighted by Crippen LogP contribution is -2.47. The Kier molecular flexibility index (Phi) is 8.76. The number of halogens is 2. The lowest BCUT2D eigenvalue weighted by atomic mass is 9.87. The highest BCUT2D eigenvalue weighted by molar-refractivity contribution is 9.10. The van der Waals surface area contributed by atoms with Crippen molar-refractivity contribution in [3.8, 4) is 0 Å². The second kappa shape index (κ2) is 12.3. The number of hydrogen-bond acceptors (Lipinski definition) is 5. The Hall–Kier alpha value is -2.65. The van der Waals surface area contributed by atoms with Crippen LogP contribution in [-0.2, 0) is 10.0 Å². The maximum absolute atomic E-state index is 12.7. The van der Waals surface area contributed by atoms with Crippen LogP contribution in [0.3, 0.4) is 0 Å². The predicted molar refractivity (Wildman–Crippen MR) is 161 cm³/mol. The molecule has 0 bridgehead atoms. The molecule has 1 N–H and O–H groups in total. The van der Waals surface area contributed by atoms with Gasteiger partial charge < -0.3 is 4.90 Å². The number of benzene rings is 3. The van der Waals surface area contributed by atoms with Gasteiger partial charge in [-0.25, -0.2) is 13.1 Å². The highest BCUT2D eigenvalue weighted by atomic mass is 79.9. The number of anilines is 1. The molecule has 1 aliphatic carbocycles. The summed E-state index contributed by atoms with van der Waals surface area (Å²) in [6, 6.07) is 21.6. The second-order valence-corrected chi connectivity index (χ2v) is 13.0. The van der Waals surface area contributed by atoms with E-state index in [1.165, 1.54) is 36.1 Å². The third kappa shape index (κ3) is 6.92. The summed E-state index contributed by atoms with van der Waals surface area (Å²) in [5.41, 5.74) is 5.65. The largest absolute Gasteiger partial charge is 0.369 e. The third-order valence-electron chi connectivity index (χ3n) is 7.39. The van der Waals surface area contributed by atoms with Gasteiger partial charge in [0.05, 0.1) is 4.90 Å². The van der Waals surface area contributed by atoms with Crippen LogP contribution in [0.1, 0.15) is 41.6 Å². The van der Waals surface area contributed by atoms with E-state index in [9.17, 15) is 13.2 Å². The molecule has 3 aromatic carbocycles. The van der Waals surface area contributed by atoms with E-state index in [4.69, 9.17) is 11.6 Å². The van der Waals surface area contributed by atoms with Gasteiger partial charge in [0.2, 0.25) is 0 Å². The Morgan fingerprint density at radius 3 is 2.28 bits per heavy atom. The van der Waals surface area contributed by atoms with Gasteiger partial charge in [0, 0.05) is 53.5 Å². The summed E-state index contributed by atoms with van der Waals surface area (Å²) < 4.78 is 28.0. The smallest absolute Gasteiger partial charge is 0.264 e. The number of hydrogen-bond donors (Lipinski definition) is 1. The first-order chi connectivity index (χ1) is 18.8. The molecule has 204 valence electrons. The summed E-state index contributed by atoms with van der Waals surface area (Å²) >= 11 is 9.37. The molecule has 0 atom stereocenters. The summed E-state index contributed by atoms with van der Waals surface area (Å²) in [5.74, 6) is -0.649. The van der Waals surface area contributed by atoms with Crippen LogP contribution in [0.5, 0.6) is 0 Å². The Balaban J connectivity index is 1.18. The molecule has 1 aliphatic heterocycles. The van der Waals surface area contributed by atoms with Gasteiger partial charge in [-0.05, 0) is 91.4 Å². The topological polar surface area (TPSA) is 69.7 Å². The Labute approximate surface area is 243 Å². The number of nitrogens with zero attached hydrogens (tertiary/aromatic N) is 2. The molecule has 0 aromatic heterocycles. The summed E-state index contributed by atoms with van der Waals surface area (Å²) in [7, 11) is -3.96. The average Bonchev–Trinajstić information content (AvgIpc) is 2.94. The highest BCUT2D eigenvalue weighted by Crippen LogP contribution is 2.33. The third-order valence-corrected chi connectivity index (χ3v) is 9.46. The number of rotatable bonds is 7. The van der Waals surface area contributed by atoms with Crippen LogP contribution in [0.15, 0.2) is 87.7 Å². The second-order valence-electron chi connectivity index (χ2n) is 10.00. The van der Waals surface area contributed by atoms with Crippen LogP contribution in [0.25, 0.3) is 5.57 Å². The molecule has 0 unspecified atom stereocenters. The molecule has 1 saturated heterocycles. The van der Waals surface area contributed by atoms with Gasteiger partial charge >= 0.3 is 0 Å². The molecule has 3 aromatic rings. The zero-order valence-corrected chi connectivity index (χ0v) is 24.7. The maximum atomic E-state index is 12.7. The maximum Gasteiger partial charge on any atom is 0.264 e. The minimum absolute atomic E-state index is 0.0315. The van der Waals surface area contributed by atoms with Gasteiger partial charge in [0.1, 0.15) is 0 Å². The van der Waals surface area contributed by atoms with Crippen molar-refractivity contribution in [2.45, 2.75) is 30.6 Å². The van der Waals surface area contributed by atoms with Crippen LogP contribution < -0.4 is 9.62 Å². The SMILES string of the molecule is O=C(NS(=O)(=O)c1cccc(Br)c1)c1ccc(N2CCN(CC3=C(c4ccc(Cl)cc4)CCCC3)CC2)cc1. The van der Waals surface area contributed by atoms with Crippen LogP contribution in [0, 0.1) is 0 Å². The number of piperazine rings is 1. The molecule has 0 saturated carbocycles. The Bertz CT molecular complexity index is 1470. The van der Waals surface area contributed by atoms with E-state index < -0.39 is 15.9 Å². The number of sulfonamides is 1. The van der Waals surface area contributed by atoms with Gasteiger partial charge in [-0.3, -0.25) is 9.69 Å². The first-order valence-electron chi connectivity index (χ1n) is 13.2. The summed E-state index contributed by atoms with van der Waals surface area (Å²) in [4.78, 5) is 17.5. The quantitative estimate of drug-likeness (QED) is 0.329. The molecule has 1 fully saturated rings. The number of nitrogens with one attached hydrogen (secondary N) is 1. The summed E-state index contributed by atoms with van der Waals surface area (Å²) in [6.45, 7) is 4.71. The summed E-state index contributed by atoms with van der Waals surface area (Å²) in [5, 5.41) is 0.770. The van der Waals surface area contributed by atoms with Crippen LogP contribution in [0.4, 0.5) is 5.69 Å². The molecule has 5 rings (SSSR count). The number of carbonyl (C=O) groups excluding carboxylic acids is 1.